The molecule has 0 saturated carbocycles. The molecule has 0 aliphatic carbocycles. The summed E-state index contributed by atoms with van der Waals surface area (Å²) < 4.78 is 33.6. The minimum absolute atomic E-state index is 0.0373. The Balaban J connectivity index is 2.02. The zero-order chi connectivity index (χ0) is 27.2. The monoisotopic (exact) mass is 563 g/mol. The van der Waals surface area contributed by atoms with Gasteiger partial charge in [-0.3, -0.25) is 13.9 Å². The van der Waals surface area contributed by atoms with Gasteiger partial charge in [0.15, 0.2) is 0 Å². The molecule has 37 heavy (non-hydrogen) atoms. The number of nitrogens with one attached hydrogen (secondary N) is 1. The number of ether oxygens (including phenoxy) is 1. The van der Waals surface area contributed by atoms with Crippen molar-refractivity contribution in [3.8, 4) is 5.75 Å². The summed E-state index contributed by atoms with van der Waals surface area (Å²) in [4.78, 5) is 27.5. The predicted molar refractivity (Wildman–Crippen MR) is 145 cm³/mol. The van der Waals surface area contributed by atoms with Crippen LogP contribution in [-0.4, -0.2) is 51.9 Å². The maximum atomic E-state index is 13.7. The maximum Gasteiger partial charge on any atom is 0.264 e. The van der Waals surface area contributed by atoms with E-state index in [4.69, 9.17) is 27.9 Å². The average Bonchev–Trinajstić information content (AvgIpc) is 2.90. The van der Waals surface area contributed by atoms with Crippen LogP contribution in [-0.2, 0) is 26.2 Å². The molecule has 196 valence electrons. The van der Waals surface area contributed by atoms with Gasteiger partial charge in [-0.05, 0) is 67.1 Å². The van der Waals surface area contributed by atoms with Gasteiger partial charge in [0.25, 0.3) is 10.0 Å². The van der Waals surface area contributed by atoms with Gasteiger partial charge >= 0.3 is 0 Å². The number of carbonyl (C=O) groups is 2. The third-order valence-electron chi connectivity index (χ3n) is 5.70. The van der Waals surface area contributed by atoms with Crippen molar-refractivity contribution in [3.63, 3.8) is 0 Å². The fraction of sp³-hybridized carbons (Fsp3) is 0.231. The van der Waals surface area contributed by atoms with E-state index in [0.717, 1.165) is 9.87 Å². The number of methoxy groups -OCH3 is 1. The van der Waals surface area contributed by atoms with E-state index in [1.54, 1.807) is 49.4 Å². The van der Waals surface area contributed by atoms with E-state index in [0.29, 0.717) is 15.8 Å². The van der Waals surface area contributed by atoms with E-state index in [9.17, 15) is 18.0 Å². The first-order valence-electron chi connectivity index (χ1n) is 11.2. The Morgan fingerprint density at radius 1 is 0.973 bits per heavy atom. The predicted octanol–water partition coefficient (Wildman–Crippen LogP) is 4.36. The highest BCUT2D eigenvalue weighted by molar-refractivity contribution is 7.92. The van der Waals surface area contributed by atoms with Gasteiger partial charge in [-0.2, -0.15) is 0 Å². The number of nitrogens with zero attached hydrogens (tertiary/aromatic N) is 2. The second kappa shape index (κ2) is 12.3. The number of sulfonamides is 1. The number of likely N-dealkylation sites (N-methyl/N-ethyl adjacent to an activating group) is 1. The van der Waals surface area contributed by atoms with Crippen molar-refractivity contribution in [1.82, 2.24) is 10.2 Å². The lowest BCUT2D eigenvalue weighted by molar-refractivity contribution is -0.139. The van der Waals surface area contributed by atoms with Gasteiger partial charge < -0.3 is 15.0 Å². The molecule has 2 amide bonds. The van der Waals surface area contributed by atoms with Crippen LogP contribution in [0.1, 0.15) is 12.5 Å². The molecule has 0 fully saturated rings. The molecule has 0 radical (unpaired) electrons. The van der Waals surface area contributed by atoms with E-state index in [1.165, 1.54) is 49.4 Å². The Morgan fingerprint density at radius 3 is 2.19 bits per heavy atom. The largest absolute Gasteiger partial charge is 0.497 e. The first kappa shape index (κ1) is 28.3. The number of anilines is 1. The fourth-order valence-electron chi connectivity index (χ4n) is 3.61. The third-order valence-corrected chi connectivity index (χ3v) is 7.98. The Kier molecular flexibility index (Phi) is 9.42. The molecule has 0 spiro atoms. The molecule has 0 aliphatic rings. The minimum Gasteiger partial charge on any atom is -0.497 e. The lowest BCUT2D eigenvalue weighted by Gasteiger charge is -2.31. The van der Waals surface area contributed by atoms with Crippen LogP contribution in [0.15, 0.2) is 77.7 Å². The van der Waals surface area contributed by atoms with E-state index in [2.05, 4.69) is 5.32 Å². The molecule has 0 bridgehead atoms. The highest BCUT2D eigenvalue weighted by Crippen LogP contribution is 2.28. The van der Waals surface area contributed by atoms with Crippen LogP contribution in [0.2, 0.25) is 10.0 Å². The van der Waals surface area contributed by atoms with Crippen LogP contribution < -0.4 is 14.4 Å². The Hall–Kier alpha value is -3.27. The van der Waals surface area contributed by atoms with Crippen molar-refractivity contribution in [2.75, 3.05) is 25.0 Å². The first-order valence-corrected chi connectivity index (χ1v) is 13.4. The minimum atomic E-state index is -4.20. The van der Waals surface area contributed by atoms with Crippen LogP contribution in [0.3, 0.4) is 0 Å². The zero-order valence-electron chi connectivity index (χ0n) is 20.5. The van der Waals surface area contributed by atoms with Gasteiger partial charge in [-0.15, -0.1) is 0 Å². The topological polar surface area (TPSA) is 96.0 Å². The number of rotatable bonds is 10. The zero-order valence-corrected chi connectivity index (χ0v) is 22.8. The molecule has 3 aromatic carbocycles. The van der Waals surface area contributed by atoms with Crippen LogP contribution in [0.4, 0.5) is 5.69 Å². The molecule has 1 N–H and O–H groups in total. The standard InChI is InChI=1S/C26H27Cl2N3O5S/c1-18(26(33)29-2)30(16-19-7-9-20(27)10-8-19)25(32)17-31(22-6-4-5-21(28)15-22)37(34,35)24-13-11-23(36-3)12-14-24/h4-15,18H,16-17H2,1-3H3,(H,29,33)/t18-/m0/s1. The summed E-state index contributed by atoms with van der Waals surface area (Å²) in [7, 11) is -1.26. The number of carbonyl (C=O) groups excluding carboxylic acids is 2. The summed E-state index contributed by atoms with van der Waals surface area (Å²) in [6.07, 6.45) is 0. The number of halogens is 2. The summed E-state index contributed by atoms with van der Waals surface area (Å²) in [6.45, 7) is 1.08. The summed E-state index contributed by atoms with van der Waals surface area (Å²) in [5, 5.41) is 3.37. The van der Waals surface area contributed by atoms with Crippen molar-refractivity contribution in [3.05, 3.63) is 88.4 Å². The molecule has 0 heterocycles. The fourth-order valence-corrected chi connectivity index (χ4v) is 5.33. The smallest absolute Gasteiger partial charge is 0.264 e. The van der Waals surface area contributed by atoms with Crippen LogP contribution in [0.25, 0.3) is 0 Å². The van der Waals surface area contributed by atoms with Crippen LogP contribution in [0, 0.1) is 0 Å². The second-order valence-corrected chi connectivity index (χ2v) is 10.8. The molecule has 0 unspecified atom stereocenters. The highest BCUT2D eigenvalue weighted by Gasteiger charge is 2.32. The lowest BCUT2D eigenvalue weighted by Crippen LogP contribution is -2.50. The molecule has 3 aromatic rings. The van der Waals surface area contributed by atoms with Crippen molar-refractivity contribution < 1.29 is 22.7 Å². The van der Waals surface area contributed by atoms with Gasteiger partial charge in [0.05, 0.1) is 17.7 Å². The van der Waals surface area contributed by atoms with Crippen molar-refractivity contribution in [2.45, 2.75) is 24.4 Å². The van der Waals surface area contributed by atoms with E-state index in [1.807, 2.05) is 0 Å². The molecule has 0 aromatic heterocycles. The average molecular weight is 564 g/mol. The number of benzene rings is 3. The number of hydrogen-bond acceptors (Lipinski definition) is 5. The SMILES string of the molecule is CNC(=O)[C@H](C)N(Cc1ccc(Cl)cc1)C(=O)CN(c1cccc(Cl)c1)S(=O)(=O)c1ccc(OC)cc1. The first-order chi connectivity index (χ1) is 17.6. The van der Waals surface area contributed by atoms with E-state index in [-0.39, 0.29) is 17.1 Å². The van der Waals surface area contributed by atoms with Gasteiger partial charge in [0.2, 0.25) is 11.8 Å². The summed E-state index contributed by atoms with van der Waals surface area (Å²) in [6, 6.07) is 18.0. The lowest BCUT2D eigenvalue weighted by atomic mass is 10.1. The Morgan fingerprint density at radius 2 is 1.62 bits per heavy atom. The summed E-state index contributed by atoms with van der Waals surface area (Å²) in [5.74, 6) is -0.490. The van der Waals surface area contributed by atoms with Crippen molar-refractivity contribution in [2.24, 2.45) is 0 Å². The van der Waals surface area contributed by atoms with Gasteiger partial charge in [0, 0.05) is 23.6 Å². The Labute approximate surface area is 226 Å². The van der Waals surface area contributed by atoms with Gasteiger partial charge in [-0.1, -0.05) is 41.4 Å². The van der Waals surface area contributed by atoms with Crippen LogP contribution >= 0.6 is 23.2 Å². The normalized spacial score (nSPS) is 11.9. The highest BCUT2D eigenvalue weighted by atomic mass is 35.5. The Bertz CT molecular complexity index is 1350. The quantitative estimate of drug-likeness (QED) is 0.395. The third kappa shape index (κ3) is 6.94. The van der Waals surface area contributed by atoms with Crippen molar-refractivity contribution >= 4 is 50.7 Å². The second-order valence-electron chi connectivity index (χ2n) is 8.11. The summed E-state index contributed by atoms with van der Waals surface area (Å²) >= 11 is 12.1. The molecule has 0 saturated heterocycles. The van der Waals surface area contributed by atoms with E-state index < -0.39 is 34.4 Å². The summed E-state index contributed by atoms with van der Waals surface area (Å²) in [5.41, 5.74) is 0.927. The number of amides is 2. The maximum absolute atomic E-state index is 13.7. The van der Waals surface area contributed by atoms with Crippen molar-refractivity contribution in [1.29, 1.82) is 0 Å². The molecule has 0 aliphatic heterocycles. The van der Waals surface area contributed by atoms with Gasteiger partial charge in [0.1, 0.15) is 18.3 Å². The molecule has 8 nitrogen and oxygen atoms in total. The van der Waals surface area contributed by atoms with Gasteiger partial charge in [-0.25, -0.2) is 8.42 Å². The molecule has 3 rings (SSSR count). The molecular weight excluding hydrogens is 537 g/mol. The molecule has 1 atom stereocenters. The van der Waals surface area contributed by atoms with Crippen LogP contribution in [0.5, 0.6) is 5.75 Å². The molecule has 11 heteroatoms. The number of hydrogen-bond donors (Lipinski definition) is 1. The van der Waals surface area contributed by atoms with E-state index >= 15 is 0 Å². The molecular formula is C26H27Cl2N3O5S.